The summed E-state index contributed by atoms with van der Waals surface area (Å²) in [4.78, 5) is 2.13. The second-order valence-corrected chi connectivity index (χ2v) is 10.7. The summed E-state index contributed by atoms with van der Waals surface area (Å²) < 4.78 is 54.1. The number of rotatable bonds is 8. The smallest absolute Gasteiger partial charge is 0.242 e. The summed E-state index contributed by atoms with van der Waals surface area (Å²) in [6.07, 6.45) is 5.97. The van der Waals surface area contributed by atoms with Crippen molar-refractivity contribution in [2.75, 3.05) is 45.3 Å². The van der Waals surface area contributed by atoms with Crippen molar-refractivity contribution in [3.63, 3.8) is 0 Å². The highest BCUT2D eigenvalue weighted by atomic mass is 32.2. The lowest BCUT2D eigenvalue weighted by molar-refractivity contribution is 0.187. The minimum Gasteiger partial charge on any atom is -0.492 e. The maximum absolute atomic E-state index is 12.0. The molecule has 1 atom stereocenters. The molecule has 0 N–H and O–H groups in total. The van der Waals surface area contributed by atoms with Crippen molar-refractivity contribution in [3.8, 4) is 18.1 Å². The van der Waals surface area contributed by atoms with Gasteiger partial charge in [0.2, 0.25) is 10.0 Å². The Morgan fingerprint density at radius 2 is 1.92 bits per heavy atom. The van der Waals surface area contributed by atoms with E-state index in [2.05, 4.69) is 5.92 Å². The molecule has 0 aliphatic carbocycles. The Morgan fingerprint density at radius 1 is 1.27 bits per heavy atom. The van der Waals surface area contributed by atoms with Crippen molar-refractivity contribution in [3.05, 3.63) is 24.3 Å². The van der Waals surface area contributed by atoms with Crippen LogP contribution < -0.4 is 4.74 Å². The minimum atomic E-state index is -3.47. The summed E-state index contributed by atoms with van der Waals surface area (Å²) in [5.41, 5.74) is 0. The fourth-order valence-corrected chi connectivity index (χ4v) is 5.43. The largest absolute Gasteiger partial charge is 0.492 e. The second kappa shape index (κ2) is 8.39. The molecule has 1 aromatic rings. The third kappa shape index (κ3) is 5.20. The normalized spacial score (nSPS) is 19.6. The van der Waals surface area contributed by atoms with Gasteiger partial charge in [-0.1, -0.05) is 5.92 Å². The van der Waals surface area contributed by atoms with Crippen LogP contribution in [0.5, 0.6) is 5.75 Å². The first-order chi connectivity index (χ1) is 12.2. The monoisotopic (exact) mass is 400 g/mol. The van der Waals surface area contributed by atoms with Gasteiger partial charge in [-0.05, 0) is 30.7 Å². The van der Waals surface area contributed by atoms with Gasteiger partial charge in [0.15, 0.2) is 9.84 Å². The summed E-state index contributed by atoms with van der Waals surface area (Å²) in [6.45, 7) is 1.20. The van der Waals surface area contributed by atoms with Crippen molar-refractivity contribution in [2.24, 2.45) is 0 Å². The predicted octanol–water partition coefficient (Wildman–Crippen LogP) is 0.438. The first kappa shape index (κ1) is 20.7. The second-order valence-electron chi connectivity index (χ2n) is 6.34. The lowest BCUT2D eigenvalue weighted by atomic mass is 10.2. The molecular weight excluding hydrogens is 376 g/mol. The van der Waals surface area contributed by atoms with Gasteiger partial charge in [-0.15, -0.1) is 6.42 Å². The molecule has 144 valence electrons. The molecule has 26 heavy (non-hydrogen) atoms. The van der Waals surface area contributed by atoms with Crippen molar-refractivity contribution < 1.29 is 21.6 Å². The van der Waals surface area contributed by atoms with E-state index in [0.717, 1.165) is 4.31 Å². The van der Waals surface area contributed by atoms with E-state index in [1.54, 1.807) is 12.1 Å². The van der Waals surface area contributed by atoms with Gasteiger partial charge in [-0.3, -0.25) is 4.90 Å². The third-order valence-electron chi connectivity index (χ3n) is 4.27. The van der Waals surface area contributed by atoms with Gasteiger partial charge < -0.3 is 4.74 Å². The summed E-state index contributed by atoms with van der Waals surface area (Å²) >= 11 is 0. The Labute approximate surface area is 155 Å². The van der Waals surface area contributed by atoms with Crippen LogP contribution in [0, 0.1) is 12.3 Å². The van der Waals surface area contributed by atoms with Crippen LogP contribution >= 0.6 is 0 Å². The van der Waals surface area contributed by atoms with Crippen molar-refractivity contribution in [1.82, 2.24) is 9.21 Å². The summed E-state index contributed by atoms with van der Waals surface area (Å²) in [7, 11) is -3.49. The number of nitrogens with zero attached hydrogens (tertiary/aromatic N) is 2. The van der Waals surface area contributed by atoms with E-state index in [0.29, 0.717) is 31.9 Å². The molecule has 0 aromatic heterocycles. The Bertz CT molecular complexity index is 855. The number of sulfone groups is 1. The first-order valence-corrected chi connectivity index (χ1v) is 11.5. The number of terminal acetylenes is 1. The molecule has 0 amide bonds. The Kier molecular flexibility index (Phi) is 6.69. The molecule has 0 saturated carbocycles. The van der Waals surface area contributed by atoms with Crippen molar-refractivity contribution >= 4 is 19.9 Å². The molecule has 0 spiro atoms. The van der Waals surface area contributed by atoms with Crippen LogP contribution in [0.3, 0.4) is 0 Å². The number of ether oxygens (including phenoxy) is 1. The van der Waals surface area contributed by atoms with Crippen molar-refractivity contribution in [2.45, 2.75) is 17.4 Å². The average molecular weight is 401 g/mol. The predicted molar refractivity (Wildman–Crippen MR) is 100 cm³/mol. The summed E-state index contributed by atoms with van der Waals surface area (Å²) in [6, 6.07) is 6.11. The van der Waals surface area contributed by atoms with Gasteiger partial charge in [0.1, 0.15) is 12.4 Å². The van der Waals surface area contributed by atoms with Crippen LogP contribution in [0.2, 0.25) is 0 Å². The van der Waals surface area contributed by atoms with E-state index in [1.807, 2.05) is 4.90 Å². The van der Waals surface area contributed by atoms with Crippen LogP contribution in [0.1, 0.15) is 6.42 Å². The maximum atomic E-state index is 12.0. The van der Waals surface area contributed by atoms with E-state index in [4.69, 9.17) is 11.2 Å². The first-order valence-electron chi connectivity index (χ1n) is 8.19. The van der Waals surface area contributed by atoms with Crippen LogP contribution in [-0.4, -0.2) is 77.4 Å². The van der Waals surface area contributed by atoms with Crippen molar-refractivity contribution in [1.29, 1.82) is 0 Å². The van der Waals surface area contributed by atoms with E-state index >= 15 is 0 Å². The summed E-state index contributed by atoms with van der Waals surface area (Å²) in [5, 5.41) is 0. The lowest BCUT2D eigenvalue weighted by Crippen LogP contribution is -2.39. The molecule has 1 fully saturated rings. The van der Waals surface area contributed by atoms with Gasteiger partial charge in [-0.2, -0.15) is 0 Å². The molecule has 2 rings (SSSR count). The van der Waals surface area contributed by atoms with Crippen LogP contribution in [0.15, 0.2) is 29.2 Å². The quantitative estimate of drug-likeness (QED) is 0.589. The third-order valence-corrected chi connectivity index (χ3v) is 7.85. The highest BCUT2D eigenvalue weighted by Crippen LogP contribution is 2.19. The molecule has 1 aromatic carbocycles. The molecule has 7 nitrogen and oxygen atoms in total. The molecule has 0 radical (unpaired) electrons. The van der Waals surface area contributed by atoms with Gasteiger partial charge in [0, 0.05) is 26.7 Å². The van der Waals surface area contributed by atoms with Gasteiger partial charge >= 0.3 is 0 Å². The zero-order chi connectivity index (χ0) is 19.4. The highest BCUT2D eigenvalue weighted by Gasteiger charge is 2.31. The molecule has 1 saturated heterocycles. The Hall–Kier alpha value is -1.60. The summed E-state index contributed by atoms with van der Waals surface area (Å²) in [5.74, 6) is 3.43. The fourth-order valence-electron chi connectivity index (χ4n) is 2.77. The number of benzene rings is 1. The van der Waals surface area contributed by atoms with Crippen LogP contribution in [0.25, 0.3) is 0 Å². The van der Waals surface area contributed by atoms with Gasteiger partial charge in [0.05, 0.1) is 22.9 Å². The van der Waals surface area contributed by atoms with E-state index in [1.165, 1.54) is 26.2 Å². The lowest BCUT2D eigenvalue weighted by Gasteiger charge is -2.25. The molecule has 0 bridgehead atoms. The standard InChI is InChI=1S/C17H24N2O5S2/c1-4-10-19(15-9-13-25(20,21)14-15)11-12-24-16-5-7-17(8-6-16)26(22,23)18(2)3/h1,5-8,15H,9-14H2,2-3H3. The molecule has 1 unspecified atom stereocenters. The fraction of sp³-hybridized carbons (Fsp3) is 0.529. The zero-order valence-corrected chi connectivity index (χ0v) is 16.6. The molecule has 9 heteroatoms. The number of hydrogen-bond donors (Lipinski definition) is 0. The molecule has 1 heterocycles. The van der Waals surface area contributed by atoms with Gasteiger partial charge in [0.25, 0.3) is 0 Å². The number of sulfonamides is 1. The Morgan fingerprint density at radius 3 is 2.42 bits per heavy atom. The zero-order valence-electron chi connectivity index (χ0n) is 15.0. The van der Waals surface area contributed by atoms with E-state index in [9.17, 15) is 16.8 Å². The molecule has 1 aliphatic heterocycles. The van der Waals surface area contributed by atoms with Gasteiger partial charge in [-0.25, -0.2) is 21.1 Å². The maximum Gasteiger partial charge on any atom is 0.242 e. The van der Waals surface area contributed by atoms with E-state index < -0.39 is 19.9 Å². The number of hydrogen-bond acceptors (Lipinski definition) is 6. The SMILES string of the molecule is C#CCN(CCOc1ccc(S(=O)(=O)N(C)C)cc1)C1CCS(=O)(=O)C1. The molecule has 1 aliphatic rings. The topological polar surface area (TPSA) is 84.0 Å². The minimum absolute atomic E-state index is 0.0766. The van der Waals surface area contributed by atoms with Crippen LogP contribution in [-0.2, 0) is 19.9 Å². The molecular formula is C17H24N2O5S2. The van der Waals surface area contributed by atoms with Crippen LogP contribution in [0.4, 0.5) is 0 Å². The van der Waals surface area contributed by atoms with E-state index in [-0.39, 0.29) is 22.4 Å². The average Bonchev–Trinajstić information content (AvgIpc) is 2.94. The highest BCUT2D eigenvalue weighted by molar-refractivity contribution is 7.91. The Balaban J connectivity index is 1.92.